The van der Waals surface area contributed by atoms with E-state index in [1.165, 1.54) is 16.8 Å². The Hall–Kier alpha value is -1.64. The van der Waals surface area contributed by atoms with Gasteiger partial charge in [-0.15, -0.1) is 0 Å². The lowest BCUT2D eigenvalue weighted by Crippen LogP contribution is -2.43. The first-order valence-corrected chi connectivity index (χ1v) is 4.95. The average molecular weight is 206 g/mol. The number of hydrogen-bond donors (Lipinski definition) is 1. The fourth-order valence-corrected chi connectivity index (χ4v) is 1.17. The minimum atomic E-state index is -0.126. The van der Waals surface area contributed by atoms with Crippen LogP contribution in [0.25, 0.3) is 13.2 Å². The maximum atomic E-state index is 11.4. The van der Waals surface area contributed by atoms with E-state index in [4.69, 9.17) is 5.41 Å². The van der Waals surface area contributed by atoms with Gasteiger partial charge in [0.15, 0.2) is 0 Å². The van der Waals surface area contributed by atoms with E-state index < -0.39 is 0 Å². The molecule has 0 amide bonds. The van der Waals surface area contributed by atoms with E-state index in [2.05, 4.69) is 13.2 Å². The van der Waals surface area contributed by atoms with E-state index in [1.807, 2.05) is 20.8 Å². The Morgan fingerprint density at radius 2 is 2.00 bits per heavy atom. The third-order valence-electron chi connectivity index (χ3n) is 2.03. The molecule has 3 heteroatoms. The normalized spacial score (nSPS) is 9.00. The van der Waals surface area contributed by atoms with Crippen LogP contribution < -0.4 is 16.1 Å². The smallest absolute Gasteiger partial charge is 0.251 e. The van der Waals surface area contributed by atoms with Gasteiger partial charge in [0.25, 0.3) is 5.56 Å². The highest BCUT2D eigenvalue weighted by molar-refractivity contribution is 5.52. The van der Waals surface area contributed by atoms with Gasteiger partial charge in [0, 0.05) is 17.6 Å². The predicted octanol–water partition coefficient (Wildman–Crippen LogP) is 0.653. The van der Waals surface area contributed by atoms with Gasteiger partial charge < -0.3 is 9.98 Å². The van der Waals surface area contributed by atoms with Gasteiger partial charge in [-0.2, -0.15) is 0 Å². The highest BCUT2D eigenvalue weighted by Gasteiger charge is 1.97. The molecule has 82 valence electrons. The summed E-state index contributed by atoms with van der Waals surface area (Å²) < 4.78 is 1.43. The van der Waals surface area contributed by atoms with E-state index in [-0.39, 0.29) is 12.1 Å². The summed E-state index contributed by atoms with van der Waals surface area (Å²) in [5.41, 5.74) is 0.717. The highest BCUT2D eigenvalue weighted by atomic mass is 16.1. The SMILES string of the molecule is C=c1c(C)cc(=O)n(CC=N)c1=C.CC. The van der Waals surface area contributed by atoms with Gasteiger partial charge in [0.1, 0.15) is 0 Å². The molecule has 0 spiro atoms. The van der Waals surface area contributed by atoms with Gasteiger partial charge >= 0.3 is 0 Å². The van der Waals surface area contributed by atoms with Crippen LogP contribution in [0.4, 0.5) is 0 Å². The van der Waals surface area contributed by atoms with Crippen LogP contribution >= 0.6 is 0 Å². The molecule has 0 atom stereocenters. The molecule has 0 aliphatic rings. The van der Waals surface area contributed by atoms with Crippen molar-refractivity contribution in [2.24, 2.45) is 0 Å². The molecule has 1 aromatic heterocycles. The van der Waals surface area contributed by atoms with Crippen LogP contribution in [0, 0.1) is 12.3 Å². The molecule has 0 radical (unpaired) electrons. The minimum absolute atomic E-state index is 0.126. The largest absolute Gasteiger partial charge is 0.311 e. The second-order valence-electron chi connectivity index (χ2n) is 2.91. The van der Waals surface area contributed by atoms with Crippen LogP contribution in [-0.4, -0.2) is 10.8 Å². The van der Waals surface area contributed by atoms with E-state index in [9.17, 15) is 4.79 Å². The van der Waals surface area contributed by atoms with Gasteiger partial charge in [-0.3, -0.25) is 4.79 Å². The zero-order valence-corrected chi connectivity index (χ0v) is 9.63. The molecule has 0 unspecified atom stereocenters. The molecule has 0 aromatic carbocycles. The second-order valence-corrected chi connectivity index (χ2v) is 2.91. The zero-order valence-electron chi connectivity index (χ0n) is 9.63. The van der Waals surface area contributed by atoms with Crippen molar-refractivity contribution in [1.82, 2.24) is 4.57 Å². The summed E-state index contributed by atoms with van der Waals surface area (Å²) in [5.74, 6) is 0. The summed E-state index contributed by atoms with van der Waals surface area (Å²) in [7, 11) is 0. The minimum Gasteiger partial charge on any atom is -0.311 e. The summed E-state index contributed by atoms with van der Waals surface area (Å²) in [5, 5.41) is 8.28. The number of nitrogens with one attached hydrogen (secondary N) is 1. The Labute approximate surface area is 89.9 Å². The van der Waals surface area contributed by atoms with Gasteiger partial charge in [-0.05, 0) is 17.7 Å². The van der Waals surface area contributed by atoms with E-state index >= 15 is 0 Å². The van der Waals surface area contributed by atoms with E-state index in [1.54, 1.807) is 0 Å². The number of hydrogen-bond acceptors (Lipinski definition) is 2. The van der Waals surface area contributed by atoms with E-state index in [0.29, 0.717) is 5.35 Å². The van der Waals surface area contributed by atoms with Gasteiger partial charge in [0.2, 0.25) is 0 Å². The molecular weight excluding hydrogens is 188 g/mol. The Kier molecular flexibility index (Phi) is 5.31. The molecule has 0 fully saturated rings. The molecule has 15 heavy (non-hydrogen) atoms. The third kappa shape index (κ3) is 2.91. The van der Waals surface area contributed by atoms with Crippen LogP contribution in [0.1, 0.15) is 19.4 Å². The zero-order chi connectivity index (χ0) is 12.0. The topological polar surface area (TPSA) is 45.9 Å². The maximum Gasteiger partial charge on any atom is 0.251 e. The fourth-order valence-electron chi connectivity index (χ4n) is 1.17. The average Bonchev–Trinajstić information content (AvgIpc) is 2.24. The molecule has 1 rings (SSSR count). The molecule has 0 saturated heterocycles. The molecule has 3 nitrogen and oxygen atoms in total. The quantitative estimate of drug-likeness (QED) is 0.710. The van der Waals surface area contributed by atoms with Crippen molar-refractivity contribution in [3.63, 3.8) is 0 Å². The summed E-state index contributed by atoms with van der Waals surface area (Å²) in [4.78, 5) is 11.4. The van der Waals surface area contributed by atoms with Crippen molar-refractivity contribution in [3.05, 3.63) is 32.6 Å². The van der Waals surface area contributed by atoms with Gasteiger partial charge in [-0.25, -0.2) is 0 Å². The first kappa shape index (κ1) is 13.4. The Balaban J connectivity index is 0.000000921. The van der Waals surface area contributed by atoms with Gasteiger partial charge in [-0.1, -0.05) is 27.0 Å². The Bertz CT molecular complexity index is 486. The third-order valence-corrected chi connectivity index (χ3v) is 2.03. The summed E-state index contributed by atoms with van der Waals surface area (Å²) in [6.07, 6.45) is 1.17. The van der Waals surface area contributed by atoms with Crippen LogP contribution in [0.2, 0.25) is 0 Å². The monoisotopic (exact) mass is 206 g/mol. The van der Waals surface area contributed by atoms with Crippen LogP contribution in [0.15, 0.2) is 10.9 Å². The molecule has 0 aliphatic heterocycles. The molecular formula is C12H18N2O. The van der Waals surface area contributed by atoms with Crippen molar-refractivity contribution in [2.75, 3.05) is 0 Å². The first-order valence-electron chi connectivity index (χ1n) is 4.95. The van der Waals surface area contributed by atoms with Crippen LogP contribution in [0.3, 0.4) is 0 Å². The lowest BCUT2D eigenvalue weighted by molar-refractivity contribution is 0.774. The van der Waals surface area contributed by atoms with Crippen LogP contribution in [0.5, 0.6) is 0 Å². The molecule has 1 N–H and O–H groups in total. The number of pyridine rings is 1. The summed E-state index contributed by atoms with van der Waals surface area (Å²) in [6.45, 7) is 13.7. The second kappa shape index (κ2) is 5.96. The maximum absolute atomic E-state index is 11.4. The molecule has 0 saturated carbocycles. The summed E-state index contributed by atoms with van der Waals surface area (Å²) in [6, 6.07) is 1.51. The number of aromatic nitrogens is 1. The number of nitrogens with zero attached hydrogens (tertiary/aromatic N) is 1. The Morgan fingerprint density at radius 3 is 2.47 bits per heavy atom. The fraction of sp³-hybridized carbons (Fsp3) is 0.333. The van der Waals surface area contributed by atoms with Crippen molar-refractivity contribution < 1.29 is 0 Å². The number of rotatable bonds is 2. The van der Waals surface area contributed by atoms with Crippen molar-refractivity contribution in [3.8, 4) is 0 Å². The number of aryl methyl sites for hydroxylation is 1. The standard InChI is InChI=1S/C10H12N2O.C2H6/c1-7-6-10(13)12(5-4-11)9(3)8(7)2;1-2/h4,6,11H,2-3,5H2,1H3;1-2H3. The first-order chi connectivity index (χ1) is 7.07. The predicted molar refractivity (Wildman–Crippen MR) is 65.9 cm³/mol. The van der Waals surface area contributed by atoms with Gasteiger partial charge in [0.05, 0.1) is 6.54 Å². The summed E-state index contributed by atoms with van der Waals surface area (Å²) >= 11 is 0. The van der Waals surface area contributed by atoms with Crippen molar-refractivity contribution >= 4 is 19.4 Å². The lowest BCUT2D eigenvalue weighted by Gasteiger charge is -2.03. The highest BCUT2D eigenvalue weighted by Crippen LogP contribution is 1.76. The molecule has 1 heterocycles. The molecule has 0 bridgehead atoms. The van der Waals surface area contributed by atoms with Crippen molar-refractivity contribution in [1.29, 1.82) is 5.41 Å². The Morgan fingerprint density at radius 1 is 1.47 bits per heavy atom. The van der Waals surface area contributed by atoms with Crippen LogP contribution in [-0.2, 0) is 6.54 Å². The molecule has 0 aliphatic carbocycles. The lowest BCUT2D eigenvalue weighted by atomic mass is 10.2. The van der Waals surface area contributed by atoms with E-state index in [0.717, 1.165) is 10.8 Å². The van der Waals surface area contributed by atoms with Crippen molar-refractivity contribution in [2.45, 2.75) is 27.3 Å². The molecule has 1 aromatic rings.